The van der Waals surface area contributed by atoms with E-state index in [-0.39, 0.29) is 5.91 Å². The van der Waals surface area contributed by atoms with Gasteiger partial charge in [-0.2, -0.15) is 10.1 Å². The molecule has 0 fully saturated rings. The lowest BCUT2D eigenvalue weighted by atomic mass is 10.1. The predicted octanol–water partition coefficient (Wildman–Crippen LogP) is 3.48. The fourth-order valence-electron chi connectivity index (χ4n) is 2.50. The molecule has 2 aromatic carbocycles. The van der Waals surface area contributed by atoms with E-state index in [0.29, 0.717) is 23.0 Å². The number of rotatable bonds is 4. The molecule has 2 aromatic heterocycles. The summed E-state index contributed by atoms with van der Waals surface area (Å²) in [6.45, 7) is 1.76. The molecular weight excluding hydrogens is 330 g/mol. The Labute approximate surface area is 149 Å². The van der Waals surface area contributed by atoms with Crippen LogP contribution < -0.4 is 5.32 Å². The van der Waals surface area contributed by atoms with Crippen molar-refractivity contribution in [2.75, 3.05) is 5.32 Å². The molecule has 0 atom stereocenters. The second-order valence-corrected chi connectivity index (χ2v) is 5.68. The second-order valence-electron chi connectivity index (χ2n) is 5.68. The van der Waals surface area contributed by atoms with Gasteiger partial charge in [0.15, 0.2) is 5.82 Å². The van der Waals surface area contributed by atoms with Gasteiger partial charge in [-0.05, 0) is 61.5 Å². The summed E-state index contributed by atoms with van der Waals surface area (Å²) in [5.41, 5.74) is 2.95. The number of carbonyl (C=O) groups is 1. The van der Waals surface area contributed by atoms with Crippen LogP contribution in [0.3, 0.4) is 0 Å². The normalized spacial score (nSPS) is 10.7. The Morgan fingerprint density at radius 3 is 2.46 bits per heavy atom. The van der Waals surface area contributed by atoms with Crippen LogP contribution in [-0.4, -0.2) is 25.8 Å². The van der Waals surface area contributed by atoms with Crippen LogP contribution in [0.2, 0.25) is 0 Å². The van der Waals surface area contributed by atoms with Crippen molar-refractivity contribution in [1.29, 1.82) is 0 Å². The van der Waals surface area contributed by atoms with Crippen LogP contribution in [0.4, 0.5) is 5.69 Å². The number of carbonyl (C=O) groups excluding carboxylic acids is 1. The summed E-state index contributed by atoms with van der Waals surface area (Å²) >= 11 is 0. The van der Waals surface area contributed by atoms with Crippen molar-refractivity contribution in [3.8, 4) is 17.1 Å². The Kier molecular flexibility index (Phi) is 4.03. The molecule has 1 N–H and O–H groups in total. The molecule has 0 bridgehead atoms. The molecule has 4 aromatic rings. The first-order chi connectivity index (χ1) is 12.7. The van der Waals surface area contributed by atoms with Gasteiger partial charge in [-0.1, -0.05) is 5.16 Å². The number of aryl methyl sites for hydroxylation is 1. The van der Waals surface area contributed by atoms with Crippen molar-refractivity contribution in [1.82, 2.24) is 19.9 Å². The first kappa shape index (κ1) is 15.8. The number of nitrogens with one attached hydrogen (secondary N) is 1. The molecule has 0 saturated heterocycles. The molecule has 26 heavy (non-hydrogen) atoms. The van der Waals surface area contributed by atoms with Gasteiger partial charge in [0.1, 0.15) is 0 Å². The van der Waals surface area contributed by atoms with Gasteiger partial charge in [0.05, 0.1) is 5.69 Å². The average molecular weight is 345 g/mol. The fraction of sp³-hybridized carbons (Fsp3) is 0.0526. The summed E-state index contributed by atoms with van der Waals surface area (Å²) in [5, 5.41) is 10.8. The smallest absolute Gasteiger partial charge is 0.257 e. The molecule has 2 heterocycles. The summed E-state index contributed by atoms with van der Waals surface area (Å²) in [6.07, 6.45) is 3.58. The van der Waals surface area contributed by atoms with E-state index >= 15 is 0 Å². The minimum atomic E-state index is -0.190. The molecule has 7 heteroatoms. The van der Waals surface area contributed by atoms with E-state index in [1.54, 1.807) is 42.1 Å². The molecule has 0 unspecified atom stereocenters. The van der Waals surface area contributed by atoms with E-state index in [1.807, 2.05) is 36.5 Å². The highest BCUT2D eigenvalue weighted by atomic mass is 16.5. The Morgan fingerprint density at radius 1 is 1.08 bits per heavy atom. The number of benzene rings is 2. The maximum absolute atomic E-state index is 12.4. The highest BCUT2D eigenvalue weighted by molar-refractivity contribution is 6.04. The van der Waals surface area contributed by atoms with Crippen LogP contribution in [0.15, 0.2) is 71.5 Å². The lowest BCUT2D eigenvalue weighted by Gasteiger charge is -2.07. The topological polar surface area (TPSA) is 85.8 Å². The monoisotopic (exact) mass is 345 g/mol. The molecule has 0 radical (unpaired) electrons. The number of anilines is 1. The van der Waals surface area contributed by atoms with Crippen LogP contribution in [0.25, 0.3) is 17.1 Å². The Bertz CT molecular complexity index is 1020. The molecule has 0 aliphatic heterocycles. The molecule has 4 rings (SSSR count). The largest absolute Gasteiger partial charge is 0.334 e. The first-order valence-corrected chi connectivity index (χ1v) is 8.01. The van der Waals surface area contributed by atoms with Crippen LogP contribution in [0, 0.1) is 6.92 Å². The number of nitrogens with zero attached hydrogens (tertiary/aromatic N) is 4. The zero-order chi connectivity index (χ0) is 17.9. The van der Waals surface area contributed by atoms with Gasteiger partial charge in [0.2, 0.25) is 0 Å². The first-order valence-electron chi connectivity index (χ1n) is 8.01. The van der Waals surface area contributed by atoms with E-state index < -0.39 is 0 Å². The van der Waals surface area contributed by atoms with Crippen molar-refractivity contribution < 1.29 is 9.32 Å². The Hall–Kier alpha value is -3.74. The van der Waals surface area contributed by atoms with Gasteiger partial charge < -0.3 is 9.84 Å². The van der Waals surface area contributed by atoms with Gasteiger partial charge in [0, 0.05) is 29.2 Å². The predicted molar refractivity (Wildman–Crippen MR) is 96.0 cm³/mol. The molecule has 1 amide bonds. The van der Waals surface area contributed by atoms with Gasteiger partial charge in [0.25, 0.3) is 11.8 Å². The molecule has 0 spiro atoms. The molecule has 0 saturated carbocycles. The van der Waals surface area contributed by atoms with E-state index in [1.165, 1.54) is 0 Å². The van der Waals surface area contributed by atoms with Gasteiger partial charge >= 0.3 is 0 Å². The molecule has 128 valence electrons. The van der Waals surface area contributed by atoms with Crippen LogP contribution >= 0.6 is 0 Å². The summed E-state index contributed by atoms with van der Waals surface area (Å²) < 4.78 is 6.87. The lowest BCUT2D eigenvalue weighted by molar-refractivity contribution is 0.102. The fourth-order valence-corrected chi connectivity index (χ4v) is 2.50. The summed E-state index contributed by atoms with van der Waals surface area (Å²) in [6, 6.07) is 16.3. The van der Waals surface area contributed by atoms with E-state index in [9.17, 15) is 4.79 Å². The summed E-state index contributed by atoms with van der Waals surface area (Å²) in [7, 11) is 0. The zero-order valence-electron chi connectivity index (χ0n) is 14.0. The van der Waals surface area contributed by atoms with Crippen molar-refractivity contribution >= 4 is 11.6 Å². The van der Waals surface area contributed by atoms with Gasteiger partial charge in [-0.3, -0.25) is 4.79 Å². The van der Waals surface area contributed by atoms with E-state index in [2.05, 4.69) is 20.6 Å². The van der Waals surface area contributed by atoms with E-state index in [4.69, 9.17) is 4.52 Å². The molecular formula is C19H15N5O2. The Morgan fingerprint density at radius 2 is 1.85 bits per heavy atom. The summed E-state index contributed by atoms with van der Waals surface area (Å²) in [5.74, 6) is 0.814. The number of aromatic nitrogens is 4. The minimum absolute atomic E-state index is 0.190. The summed E-state index contributed by atoms with van der Waals surface area (Å²) in [4.78, 5) is 16.6. The highest BCUT2D eigenvalue weighted by Gasteiger charge is 2.10. The van der Waals surface area contributed by atoms with Crippen molar-refractivity contribution in [2.45, 2.75) is 6.92 Å². The number of hydrogen-bond acceptors (Lipinski definition) is 5. The second kappa shape index (κ2) is 6.64. The number of amides is 1. The van der Waals surface area contributed by atoms with Gasteiger partial charge in [-0.15, -0.1) is 0 Å². The molecule has 0 aliphatic carbocycles. The van der Waals surface area contributed by atoms with Crippen molar-refractivity contribution in [2.24, 2.45) is 0 Å². The van der Waals surface area contributed by atoms with Crippen LogP contribution in [0.5, 0.6) is 0 Å². The quantitative estimate of drug-likeness (QED) is 0.612. The van der Waals surface area contributed by atoms with Crippen molar-refractivity contribution in [3.05, 3.63) is 78.4 Å². The zero-order valence-corrected chi connectivity index (χ0v) is 14.0. The highest BCUT2D eigenvalue weighted by Crippen LogP contribution is 2.19. The van der Waals surface area contributed by atoms with Crippen LogP contribution in [-0.2, 0) is 0 Å². The van der Waals surface area contributed by atoms with Crippen LogP contribution in [0.1, 0.15) is 16.2 Å². The van der Waals surface area contributed by atoms with E-state index in [0.717, 1.165) is 11.3 Å². The van der Waals surface area contributed by atoms with Crippen molar-refractivity contribution in [3.63, 3.8) is 0 Å². The Balaban J connectivity index is 1.46. The average Bonchev–Trinajstić information content (AvgIpc) is 3.34. The lowest BCUT2D eigenvalue weighted by Crippen LogP contribution is -2.11. The standard InChI is InChI=1S/C19H15N5O2/c1-13-21-19(26-23-13)15-5-3-14(4-6-15)18(25)22-16-7-9-17(10-8-16)24-12-2-11-20-24/h2-12H,1H3,(H,22,25). The SMILES string of the molecule is Cc1noc(-c2ccc(C(=O)Nc3ccc(-n4cccn4)cc3)cc2)n1. The molecule has 0 aliphatic rings. The minimum Gasteiger partial charge on any atom is -0.334 e. The third-order valence-corrected chi connectivity index (χ3v) is 3.82. The van der Waals surface area contributed by atoms with Gasteiger partial charge in [-0.25, -0.2) is 4.68 Å². The molecule has 7 nitrogen and oxygen atoms in total. The third kappa shape index (κ3) is 3.23. The maximum atomic E-state index is 12.4. The number of hydrogen-bond donors (Lipinski definition) is 1. The third-order valence-electron chi connectivity index (χ3n) is 3.82. The maximum Gasteiger partial charge on any atom is 0.257 e.